The summed E-state index contributed by atoms with van der Waals surface area (Å²) < 4.78 is 7.07. The molecule has 0 aliphatic carbocycles. The first kappa shape index (κ1) is 15.0. The second kappa shape index (κ2) is 6.48. The fourth-order valence-electron chi connectivity index (χ4n) is 3.79. The molecule has 21 heavy (non-hydrogen) atoms. The minimum Gasteiger partial charge on any atom is -0.469 e. The average molecular weight is 396 g/mol. The lowest BCUT2D eigenvalue weighted by Crippen LogP contribution is -2.48. The molecule has 4 atom stereocenters. The molecule has 2 heterocycles. The molecule has 4 unspecified atom stereocenters. The number of ether oxygens (including phenoxy) is 1. The Morgan fingerprint density at radius 3 is 2.76 bits per heavy atom. The molecule has 112 valence electrons. The van der Waals surface area contributed by atoms with E-state index in [1.807, 2.05) is 4.08 Å². The second-order valence-electron chi connectivity index (χ2n) is 5.90. The zero-order valence-corrected chi connectivity index (χ0v) is 14.2. The maximum atomic E-state index is 12.2. The number of hydrogen-bond acceptors (Lipinski definition) is 3. The van der Waals surface area contributed by atoms with Crippen molar-refractivity contribution >= 4 is 34.6 Å². The van der Waals surface area contributed by atoms with Crippen molar-refractivity contribution in [3.8, 4) is 0 Å². The lowest BCUT2D eigenvalue weighted by atomic mass is 9.77. The fraction of sp³-hybridized carbons (Fsp3) is 0.471. The van der Waals surface area contributed by atoms with Gasteiger partial charge in [0.25, 0.3) is 0 Å². The van der Waals surface area contributed by atoms with E-state index >= 15 is 0 Å². The van der Waals surface area contributed by atoms with Crippen LogP contribution in [0.15, 0.2) is 28.3 Å². The Labute approximate surface area is 139 Å². The maximum Gasteiger partial charge on any atom is 0.310 e. The van der Waals surface area contributed by atoms with Gasteiger partial charge in [0.2, 0.25) is 0 Å². The van der Waals surface area contributed by atoms with E-state index < -0.39 is 0 Å². The van der Waals surface area contributed by atoms with Crippen LogP contribution in [0.1, 0.15) is 36.3 Å². The van der Waals surface area contributed by atoms with Crippen molar-refractivity contribution in [2.75, 3.05) is 7.11 Å². The molecule has 2 saturated heterocycles. The van der Waals surface area contributed by atoms with Gasteiger partial charge in [-0.25, -0.2) is 0 Å². The smallest absolute Gasteiger partial charge is 0.310 e. The number of esters is 1. The molecule has 4 heteroatoms. The molecule has 0 amide bonds. The fourth-order valence-corrected chi connectivity index (χ4v) is 4.20. The summed E-state index contributed by atoms with van der Waals surface area (Å²) >= 11 is 2.22. The number of hydrogen-bond donors (Lipinski definition) is 1. The Kier molecular flexibility index (Phi) is 4.64. The minimum atomic E-state index is -0.0749. The van der Waals surface area contributed by atoms with Gasteiger partial charge in [0, 0.05) is 18.0 Å². The van der Waals surface area contributed by atoms with Crippen molar-refractivity contribution < 1.29 is 9.53 Å². The molecule has 3 rings (SSSR count). The molecular weight excluding hydrogens is 376 g/mol. The van der Waals surface area contributed by atoms with Gasteiger partial charge in [0.05, 0.1) is 13.0 Å². The molecule has 2 aliphatic heterocycles. The van der Waals surface area contributed by atoms with Gasteiger partial charge in [-0.1, -0.05) is 46.9 Å². The number of nitrogens with one attached hydrogen (secondary N) is 1. The van der Waals surface area contributed by atoms with Crippen LogP contribution in [0.5, 0.6) is 0 Å². The summed E-state index contributed by atoms with van der Waals surface area (Å²) in [6, 6.07) is 9.41. The second-order valence-corrected chi connectivity index (χ2v) is 6.62. The molecule has 0 aromatic heterocycles. The molecule has 0 saturated carbocycles. The largest absolute Gasteiger partial charge is 0.469 e. The Bertz CT molecular complexity index is 540. The third-order valence-electron chi connectivity index (χ3n) is 4.77. The van der Waals surface area contributed by atoms with E-state index in [4.69, 9.17) is 4.74 Å². The van der Waals surface area contributed by atoms with Gasteiger partial charge in [0.15, 0.2) is 0 Å². The van der Waals surface area contributed by atoms with Gasteiger partial charge in [0.1, 0.15) is 0 Å². The zero-order chi connectivity index (χ0) is 14.8. The molecule has 1 aromatic carbocycles. The van der Waals surface area contributed by atoms with E-state index in [9.17, 15) is 4.79 Å². The summed E-state index contributed by atoms with van der Waals surface area (Å²) in [5.74, 6) is 0.141. The van der Waals surface area contributed by atoms with Crippen LogP contribution in [-0.4, -0.2) is 25.2 Å². The number of carbonyl (C=O) groups excluding carboxylic acids is 1. The van der Waals surface area contributed by atoms with E-state index in [2.05, 4.69) is 58.2 Å². The first-order valence-electron chi connectivity index (χ1n) is 7.43. The molecule has 2 bridgehead atoms. The number of halogens is 1. The lowest BCUT2D eigenvalue weighted by molar-refractivity contribution is -0.148. The van der Waals surface area contributed by atoms with E-state index in [1.165, 1.54) is 24.7 Å². The number of fused-ring (bicyclic) bond motifs is 2. The number of carbonyl (C=O) groups is 1. The highest BCUT2D eigenvalue weighted by Gasteiger charge is 2.46. The predicted molar refractivity (Wildman–Crippen MR) is 92.3 cm³/mol. The number of methoxy groups -OCH3 is 1. The summed E-state index contributed by atoms with van der Waals surface area (Å²) in [7, 11) is 1.49. The van der Waals surface area contributed by atoms with Crippen molar-refractivity contribution in [1.82, 2.24) is 5.32 Å². The highest BCUT2D eigenvalue weighted by molar-refractivity contribution is 14.1. The Morgan fingerprint density at radius 2 is 2.10 bits per heavy atom. The van der Waals surface area contributed by atoms with E-state index in [0.29, 0.717) is 6.04 Å². The van der Waals surface area contributed by atoms with Crippen molar-refractivity contribution in [2.45, 2.75) is 37.3 Å². The Hall–Kier alpha value is -0.880. The van der Waals surface area contributed by atoms with Crippen LogP contribution >= 0.6 is 22.6 Å². The minimum absolute atomic E-state index is 0.0558. The molecular formula is C17H20INO2. The van der Waals surface area contributed by atoms with Gasteiger partial charge in [-0.15, -0.1) is 0 Å². The van der Waals surface area contributed by atoms with Crippen LogP contribution in [0.2, 0.25) is 0 Å². The molecule has 2 aliphatic rings. The van der Waals surface area contributed by atoms with Crippen LogP contribution < -0.4 is 5.32 Å². The standard InChI is InChI=1S/C17H20INO2/c1-21-17(20)16-14(10-13-6-7-15(16)19-13)12-4-2-11(3-5-12)8-9-18/h2-5,8-9,13-16,19H,6-7,10H2,1H3/b9-8-/i1-1. The van der Waals surface area contributed by atoms with Crippen molar-refractivity contribution in [1.29, 1.82) is 0 Å². The van der Waals surface area contributed by atoms with Crippen molar-refractivity contribution in [3.63, 3.8) is 0 Å². The molecule has 2 fully saturated rings. The summed E-state index contributed by atoms with van der Waals surface area (Å²) in [5.41, 5.74) is 2.45. The van der Waals surface area contributed by atoms with Gasteiger partial charge in [-0.05, 0) is 40.5 Å². The maximum absolute atomic E-state index is 12.2. The SMILES string of the molecule is [11CH3]OC(=O)C1C2CCC(CC1c1ccc(/C=C\I)cc1)N2. The molecule has 1 aromatic rings. The number of benzene rings is 1. The van der Waals surface area contributed by atoms with Crippen molar-refractivity contribution in [3.05, 3.63) is 39.5 Å². The molecule has 0 spiro atoms. The summed E-state index contributed by atoms with van der Waals surface area (Å²) in [6.07, 6.45) is 5.35. The quantitative estimate of drug-likeness (QED) is 0.628. The zero-order valence-electron chi connectivity index (χ0n) is 12.1. The number of piperidine rings is 1. The predicted octanol–water partition coefficient (Wildman–Crippen LogP) is 3.49. The van der Waals surface area contributed by atoms with Crippen LogP contribution in [0.4, 0.5) is 0 Å². The first-order chi connectivity index (χ1) is 10.2. The van der Waals surface area contributed by atoms with Crippen LogP contribution in [0.3, 0.4) is 0 Å². The highest BCUT2D eigenvalue weighted by atomic mass is 127. The summed E-state index contributed by atoms with van der Waals surface area (Å²) in [4.78, 5) is 12.2. The molecule has 0 radical (unpaired) electrons. The van der Waals surface area contributed by atoms with Gasteiger partial charge in [-0.2, -0.15) is 0 Å². The summed E-state index contributed by atoms with van der Waals surface area (Å²) in [5, 5.41) is 3.57. The third kappa shape index (κ3) is 3.01. The number of rotatable bonds is 3. The van der Waals surface area contributed by atoms with Gasteiger partial charge >= 0.3 is 5.97 Å². The highest BCUT2D eigenvalue weighted by Crippen LogP contribution is 2.42. The third-order valence-corrected chi connectivity index (χ3v) is 5.13. The van der Waals surface area contributed by atoms with Crippen LogP contribution in [0, 0.1) is 5.92 Å². The van der Waals surface area contributed by atoms with Gasteiger partial charge < -0.3 is 10.1 Å². The Morgan fingerprint density at radius 1 is 1.33 bits per heavy atom. The van der Waals surface area contributed by atoms with Crippen LogP contribution in [0.25, 0.3) is 6.08 Å². The van der Waals surface area contributed by atoms with E-state index in [-0.39, 0.29) is 23.8 Å². The van der Waals surface area contributed by atoms with Gasteiger partial charge in [-0.3, -0.25) is 4.79 Å². The average Bonchev–Trinajstić information content (AvgIpc) is 2.89. The molecule has 3 nitrogen and oxygen atoms in total. The van der Waals surface area contributed by atoms with Crippen LogP contribution in [-0.2, 0) is 9.53 Å². The first-order valence-corrected chi connectivity index (χ1v) is 8.68. The lowest BCUT2D eigenvalue weighted by Gasteiger charge is -2.36. The Balaban J connectivity index is 1.88. The molecule has 1 N–H and O–H groups in total. The monoisotopic (exact) mass is 396 g/mol. The van der Waals surface area contributed by atoms with E-state index in [1.54, 1.807) is 0 Å². The topological polar surface area (TPSA) is 38.3 Å². The van der Waals surface area contributed by atoms with E-state index in [0.717, 1.165) is 12.8 Å². The normalized spacial score (nSPS) is 31.5. The van der Waals surface area contributed by atoms with Crippen molar-refractivity contribution in [2.24, 2.45) is 5.92 Å². The summed E-state index contributed by atoms with van der Waals surface area (Å²) in [6.45, 7) is 0.